The lowest BCUT2D eigenvalue weighted by molar-refractivity contribution is 0.164. The van der Waals surface area contributed by atoms with E-state index >= 15 is 0 Å². The van der Waals surface area contributed by atoms with Crippen LogP contribution >= 0.6 is 0 Å². The Kier molecular flexibility index (Phi) is 5.40. The first-order valence-corrected chi connectivity index (χ1v) is 4.29. The van der Waals surface area contributed by atoms with E-state index in [9.17, 15) is 0 Å². The van der Waals surface area contributed by atoms with E-state index in [0.717, 1.165) is 12.8 Å². The first-order chi connectivity index (χ1) is 5.57. The summed E-state index contributed by atoms with van der Waals surface area (Å²) in [7, 11) is 0. The van der Waals surface area contributed by atoms with Gasteiger partial charge in [0.05, 0.1) is 6.07 Å². The molecule has 0 aliphatic heterocycles. The second-order valence-corrected chi connectivity index (χ2v) is 3.41. The van der Waals surface area contributed by atoms with Crippen LogP contribution in [-0.4, -0.2) is 11.2 Å². The molecule has 0 aromatic carbocycles. The molecule has 0 bridgehead atoms. The number of hydrogen-bond donors (Lipinski definition) is 1. The van der Waals surface area contributed by atoms with Gasteiger partial charge in [0, 0.05) is 0 Å². The zero-order valence-corrected chi connectivity index (χ0v) is 8.04. The Morgan fingerprint density at radius 2 is 2.17 bits per heavy atom. The summed E-state index contributed by atoms with van der Waals surface area (Å²) in [5.41, 5.74) is 1.29. The summed E-state index contributed by atoms with van der Waals surface area (Å²) in [6.07, 6.45) is 3.14. The number of nitrogens with zero attached hydrogens (tertiary/aromatic N) is 1. The van der Waals surface area contributed by atoms with Crippen molar-refractivity contribution in [1.82, 2.24) is 0 Å². The fraction of sp³-hybridized carbons (Fsp3) is 0.700. The fourth-order valence-corrected chi connectivity index (χ4v) is 0.920. The maximum absolute atomic E-state index is 9.11. The van der Waals surface area contributed by atoms with Crippen LogP contribution in [0.2, 0.25) is 0 Å². The molecule has 0 aliphatic rings. The Bertz CT molecular complexity index is 187. The molecule has 12 heavy (non-hydrogen) atoms. The normalized spacial score (nSPS) is 14.6. The van der Waals surface area contributed by atoms with Crippen LogP contribution in [0.25, 0.3) is 0 Å². The summed E-state index contributed by atoms with van der Waals surface area (Å²) in [4.78, 5) is 0. The van der Waals surface area contributed by atoms with Crippen molar-refractivity contribution < 1.29 is 5.11 Å². The third kappa shape index (κ3) is 4.92. The van der Waals surface area contributed by atoms with Gasteiger partial charge in [0.25, 0.3) is 0 Å². The number of aliphatic hydroxyl groups excluding tert-OH is 1. The maximum Gasteiger partial charge on any atom is 0.143 e. The first-order valence-electron chi connectivity index (χ1n) is 4.29. The smallest absolute Gasteiger partial charge is 0.143 e. The van der Waals surface area contributed by atoms with Crippen LogP contribution in [0, 0.1) is 17.2 Å². The van der Waals surface area contributed by atoms with Crippen LogP contribution in [0.5, 0.6) is 0 Å². The Hall–Kier alpha value is -0.810. The molecule has 0 aromatic rings. The van der Waals surface area contributed by atoms with Gasteiger partial charge in [-0.2, -0.15) is 5.26 Å². The molecule has 0 heterocycles. The number of nitriles is 1. The minimum absolute atomic E-state index is 0.0746. The van der Waals surface area contributed by atoms with Gasteiger partial charge in [0.15, 0.2) is 0 Å². The highest BCUT2D eigenvalue weighted by Crippen LogP contribution is 2.11. The summed E-state index contributed by atoms with van der Waals surface area (Å²) >= 11 is 0. The quantitative estimate of drug-likeness (QED) is 0.515. The van der Waals surface area contributed by atoms with E-state index in [1.165, 1.54) is 5.57 Å². The Morgan fingerprint density at radius 3 is 2.58 bits per heavy atom. The minimum atomic E-state index is -0.810. The third-order valence-electron chi connectivity index (χ3n) is 1.85. The molecule has 0 rings (SSSR count). The van der Waals surface area contributed by atoms with Crippen LogP contribution in [-0.2, 0) is 0 Å². The molecule has 0 saturated heterocycles. The van der Waals surface area contributed by atoms with Crippen molar-refractivity contribution in [2.45, 2.75) is 39.7 Å². The van der Waals surface area contributed by atoms with Gasteiger partial charge in [0.1, 0.15) is 6.10 Å². The van der Waals surface area contributed by atoms with E-state index in [1.807, 2.05) is 26.8 Å². The number of hydrogen-bond acceptors (Lipinski definition) is 2. The maximum atomic E-state index is 9.11. The zero-order chi connectivity index (χ0) is 9.56. The largest absolute Gasteiger partial charge is 0.378 e. The van der Waals surface area contributed by atoms with Crippen molar-refractivity contribution in [2.24, 2.45) is 5.92 Å². The highest BCUT2D eigenvalue weighted by atomic mass is 16.3. The van der Waals surface area contributed by atoms with Gasteiger partial charge in [-0.3, -0.25) is 0 Å². The van der Waals surface area contributed by atoms with Crippen LogP contribution in [0.4, 0.5) is 0 Å². The van der Waals surface area contributed by atoms with Crippen molar-refractivity contribution in [3.8, 4) is 6.07 Å². The lowest BCUT2D eigenvalue weighted by Gasteiger charge is -2.10. The van der Waals surface area contributed by atoms with Gasteiger partial charge < -0.3 is 5.11 Å². The zero-order valence-electron chi connectivity index (χ0n) is 8.04. The molecule has 0 radical (unpaired) electrons. The molecule has 2 nitrogen and oxygen atoms in total. The van der Waals surface area contributed by atoms with Gasteiger partial charge in [-0.1, -0.05) is 18.6 Å². The highest BCUT2D eigenvalue weighted by Gasteiger charge is 2.11. The molecule has 0 amide bonds. The van der Waals surface area contributed by atoms with Crippen molar-refractivity contribution >= 4 is 0 Å². The summed E-state index contributed by atoms with van der Waals surface area (Å²) in [5, 5.41) is 17.5. The van der Waals surface area contributed by atoms with Crippen molar-refractivity contribution in [3.63, 3.8) is 0 Å². The Balaban J connectivity index is 3.66. The van der Waals surface area contributed by atoms with Crippen LogP contribution < -0.4 is 0 Å². The lowest BCUT2D eigenvalue weighted by Crippen LogP contribution is -2.14. The Labute approximate surface area is 74.5 Å². The molecular formula is C10H17NO. The summed E-state index contributed by atoms with van der Waals surface area (Å²) in [6.45, 7) is 5.99. The van der Waals surface area contributed by atoms with Gasteiger partial charge >= 0.3 is 0 Å². The second-order valence-electron chi connectivity index (χ2n) is 3.41. The summed E-state index contributed by atoms with van der Waals surface area (Å²) < 4.78 is 0. The van der Waals surface area contributed by atoms with Crippen molar-refractivity contribution in [2.75, 3.05) is 0 Å². The SMILES string of the molecule is CC(C)=CCCC(C)C(O)C#N. The molecule has 2 unspecified atom stereocenters. The van der Waals surface area contributed by atoms with E-state index in [-0.39, 0.29) is 5.92 Å². The lowest BCUT2D eigenvalue weighted by atomic mass is 9.99. The molecule has 1 N–H and O–H groups in total. The monoisotopic (exact) mass is 167 g/mol. The molecule has 0 saturated carbocycles. The van der Waals surface area contributed by atoms with Crippen LogP contribution in [0.3, 0.4) is 0 Å². The predicted octanol–water partition coefficient (Wildman–Crippen LogP) is 2.25. The molecule has 0 aliphatic carbocycles. The van der Waals surface area contributed by atoms with Gasteiger partial charge in [-0.25, -0.2) is 0 Å². The van der Waals surface area contributed by atoms with E-state index in [2.05, 4.69) is 6.08 Å². The van der Waals surface area contributed by atoms with Gasteiger partial charge in [-0.05, 0) is 32.6 Å². The number of rotatable bonds is 4. The van der Waals surface area contributed by atoms with Crippen molar-refractivity contribution in [1.29, 1.82) is 5.26 Å². The van der Waals surface area contributed by atoms with E-state index in [1.54, 1.807) is 0 Å². The Morgan fingerprint density at radius 1 is 1.58 bits per heavy atom. The molecule has 0 fully saturated rings. The fourth-order valence-electron chi connectivity index (χ4n) is 0.920. The molecule has 2 atom stereocenters. The molecular weight excluding hydrogens is 150 g/mol. The minimum Gasteiger partial charge on any atom is -0.378 e. The van der Waals surface area contributed by atoms with Crippen molar-refractivity contribution in [3.05, 3.63) is 11.6 Å². The van der Waals surface area contributed by atoms with E-state index < -0.39 is 6.10 Å². The van der Waals surface area contributed by atoms with Gasteiger partial charge in [-0.15, -0.1) is 0 Å². The summed E-state index contributed by atoms with van der Waals surface area (Å²) in [6, 6.07) is 1.84. The number of aliphatic hydroxyl groups is 1. The topological polar surface area (TPSA) is 44.0 Å². The average Bonchev–Trinajstić information content (AvgIpc) is 2.02. The predicted molar refractivity (Wildman–Crippen MR) is 49.4 cm³/mol. The van der Waals surface area contributed by atoms with Crippen LogP contribution in [0.1, 0.15) is 33.6 Å². The van der Waals surface area contributed by atoms with E-state index in [0.29, 0.717) is 0 Å². The van der Waals surface area contributed by atoms with E-state index in [4.69, 9.17) is 10.4 Å². The number of allylic oxidation sites excluding steroid dienone is 2. The summed E-state index contributed by atoms with van der Waals surface area (Å²) in [5.74, 6) is 0.0746. The molecule has 0 aromatic heterocycles. The second kappa shape index (κ2) is 5.79. The molecule has 0 spiro atoms. The molecule has 2 heteroatoms. The first kappa shape index (κ1) is 11.2. The highest BCUT2D eigenvalue weighted by molar-refractivity contribution is 4.94. The van der Waals surface area contributed by atoms with Crippen LogP contribution in [0.15, 0.2) is 11.6 Å². The standard InChI is InChI=1S/C10H17NO/c1-8(2)5-4-6-9(3)10(12)7-11/h5,9-10,12H,4,6H2,1-3H3. The average molecular weight is 167 g/mol. The molecule has 68 valence electrons. The van der Waals surface area contributed by atoms with Gasteiger partial charge in [0.2, 0.25) is 0 Å². The third-order valence-corrected chi connectivity index (χ3v) is 1.85.